The van der Waals surface area contributed by atoms with Gasteiger partial charge in [-0.15, -0.1) is 0 Å². The molecule has 1 aliphatic heterocycles. The Labute approximate surface area is 102 Å². The second kappa shape index (κ2) is 5.38. The van der Waals surface area contributed by atoms with Crippen LogP contribution in [0.2, 0.25) is 0 Å². The Balaban J connectivity index is 2.62. The molecule has 1 atom stereocenters. The fraction of sp³-hybridized carbons (Fsp3) is 0.833. The van der Waals surface area contributed by atoms with Gasteiger partial charge in [0.25, 0.3) is 0 Å². The van der Waals surface area contributed by atoms with E-state index >= 15 is 0 Å². The maximum absolute atomic E-state index is 11.9. The van der Waals surface area contributed by atoms with Gasteiger partial charge in [-0.3, -0.25) is 4.90 Å². The quantitative estimate of drug-likeness (QED) is 0.714. The summed E-state index contributed by atoms with van der Waals surface area (Å²) in [4.78, 5) is 24.7. The minimum Gasteiger partial charge on any atom is -0.444 e. The number of hydrogen-bond acceptors (Lipinski definition) is 4. The Morgan fingerprint density at radius 3 is 2.71 bits per heavy atom. The lowest BCUT2D eigenvalue weighted by Gasteiger charge is -2.25. The summed E-state index contributed by atoms with van der Waals surface area (Å²) in [7, 11) is 0. The fourth-order valence-electron chi connectivity index (χ4n) is 1.62. The highest BCUT2D eigenvalue weighted by atomic mass is 16.6. The molecule has 1 aliphatic rings. The van der Waals surface area contributed by atoms with Crippen molar-refractivity contribution in [2.75, 3.05) is 6.73 Å². The summed E-state index contributed by atoms with van der Waals surface area (Å²) in [5.41, 5.74) is -0.558. The molecule has 1 heterocycles. The second-order valence-electron chi connectivity index (χ2n) is 5.20. The Hall–Kier alpha value is -1.26. The van der Waals surface area contributed by atoms with Crippen molar-refractivity contribution >= 4 is 12.1 Å². The first kappa shape index (κ1) is 13.8. The first-order valence-electron chi connectivity index (χ1n) is 6.01. The van der Waals surface area contributed by atoms with Gasteiger partial charge in [0.15, 0.2) is 6.73 Å². The van der Waals surface area contributed by atoms with Gasteiger partial charge < -0.3 is 9.47 Å². The highest BCUT2D eigenvalue weighted by Crippen LogP contribution is 2.20. The third-order valence-corrected chi connectivity index (χ3v) is 2.45. The molecule has 0 bridgehead atoms. The second-order valence-corrected chi connectivity index (χ2v) is 5.20. The van der Waals surface area contributed by atoms with Crippen molar-refractivity contribution in [2.24, 2.45) is 0 Å². The molecule has 5 nitrogen and oxygen atoms in total. The average Bonchev–Trinajstić information content (AvgIpc) is 2.54. The van der Waals surface area contributed by atoms with Crippen LogP contribution in [-0.4, -0.2) is 35.3 Å². The number of ether oxygens (including phenoxy) is 2. The van der Waals surface area contributed by atoms with Crippen LogP contribution in [0.1, 0.15) is 47.0 Å². The van der Waals surface area contributed by atoms with Gasteiger partial charge in [-0.05, 0) is 27.2 Å². The molecule has 17 heavy (non-hydrogen) atoms. The largest absolute Gasteiger partial charge is 0.444 e. The van der Waals surface area contributed by atoms with Crippen LogP contribution in [0, 0.1) is 0 Å². The zero-order valence-corrected chi connectivity index (χ0v) is 11.0. The molecular weight excluding hydrogens is 222 g/mol. The Kier molecular flexibility index (Phi) is 4.37. The number of carbonyl (C=O) groups is 2. The lowest BCUT2D eigenvalue weighted by Crippen LogP contribution is -2.41. The summed E-state index contributed by atoms with van der Waals surface area (Å²) in [6.07, 6.45) is 2.02. The summed E-state index contributed by atoms with van der Waals surface area (Å²) in [5, 5.41) is 0. The van der Waals surface area contributed by atoms with E-state index < -0.39 is 17.7 Å². The molecule has 0 saturated carbocycles. The van der Waals surface area contributed by atoms with E-state index in [4.69, 9.17) is 9.47 Å². The molecule has 0 aromatic rings. The van der Waals surface area contributed by atoms with Crippen LogP contribution in [-0.2, 0) is 14.3 Å². The van der Waals surface area contributed by atoms with Crippen molar-refractivity contribution in [3.63, 3.8) is 0 Å². The number of amides is 1. The maximum Gasteiger partial charge on any atom is 0.413 e. The molecule has 1 unspecified atom stereocenters. The number of unbranched alkanes of at least 4 members (excludes halogenated alkanes) is 1. The van der Waals surface area contributed by atoms with E-state index in [0.29, 0.717) is 6.42 Å². The predicted molar refractivity (Wildman–Crippen MR) is 62.3 cm³/mol. The van der Waals surface area contributed by atoms with Crippen molar-refractivity contribution in [2.45, 2.75) is 58.6 Å². The van der Waals surface area contributed by atoms with Gasteiger partial charge in [-0.1, -0.05) is 19.8 Å². The smallest absolute Gasteiger partial charge is 0.413 e. The van der Waals surface area contributed by atoms with Crippen LogP contribution in [0.25, 0.3) is 0 Å². The summed E-state index contributed by atoms with van der Waals surface area (Å²) in [6.45, 7) is 7.43. The molecular formula is C12H21NO4. The zero-order valence-electron chi connectivity index (χ0n) is 11.0. The fourth-order valence-corrected chi connectivity index (χ4v) is 1.62. The lowest BCUT2D eigenvalue weighted by atomic mass is 10.1. The van der Waals surface area contributed by atoms with Gasteiger partial charge in [-0.25, -0.2) is 9.59 Å². The summed E-state index contributed by atoms with van der Waals surface area (Å²) < 4.78 is 10.1. The van der Waals surface area contributed by atoms with Gasteiger partial charge in [0.1, 0.15) is 11.6 Å². The van der Waals surface area contributed by atoms with Crippen molar-refractivity contribution in [1.82, 2.24) is 4.90 Å². The lowest BCUT2D eigenvalue weighted by molar-refractivity contribution is -0.139. The van der Waals surface area contributed by atoms with Gasteiger partial charge in [-0.2, -0.15) is 0 Å². The van der Waals surface area contributed by atoms with Crippen molar-refractivity contribution in [1.29, 1.82) is 0 Å². The minimum atomic E-state index is -0.558. The summed E-state index contributed by atoms with van der Waals surface area (Å²) >= 11 is 0. The number of esters is 1. The summed E-state index contributed by atoms with van der Waals surface area (Å²) in [6, 6.07) is -0.482. The first-order chi connectivity index (χ1) is 7.85. The molecule has 1 rings (SSSR count). The van der Waals surface area contributed by atoms with Gasteiger partial charge >= 0.3 is 12.1 Å². The Morgan fingerprint density at radius 1 is 1.53 bits per heavy atom. The highest BCUT2D eigenvalue weighted by Gasteiger charge is 2.39. The van der Waals surface area contributed by atoms with E-state index in [-0.39, 0.29) is 12.7 Å². The van der Waals surface area contributed by atoms with Crippen LogP contribution >= 0.6 is 0 Å². The van der Waals surface area contributed by atoms with Gasteiger partial charge in [0.05, 0.1) is 0 Å². The average molecular weight is 243 g/mol. The molecule has 0 aromatic carbocycles. The van der Waals surface area contributed by atoms with Crippen LogP contribution in [0.15, 0.2) is 0 Å². The zero-order chi connectivity index (χ0) is 13.1. The van der Waals surface area contributed by atoms with Crippen molar-refractivity contribution in [3.05, 3.63) is 0 Å². The first-order valence-corrected chi connectivity index (χ1v) is 6.01. The molecule has 0 radical (unpaired) electrons. The third-order valence-electron chi connectivity index (χ3n) is 2.45. The standard InChI is InChI=1S/C12H21NO4/c1-5-6-7-9-10(14)16-8-13(9)11(15)17-12(2,3)4/h9H,5-8H2,1-4H3. The van der Waals surface area contributed by atoms with E-state index in [1.54, 1.807) is 20.8 Å². The number of cyclic esters (lactones) is 1. The summed E-state index contributed by atoms with van der Waals surface area (Å²) in [5.74, 6) is -0.329. The topological polar surface area (TPSA) is 55.8 Å². The maximum atomic E-state index is 11.9. The van der Waals surface area contributed by atoms with E-state index in [0.717, 1.165) is 12.8 Å². The normalized spacial score (nSPS) is 20.4. The minimum absolute atomic E-state index is 0.00211. The highest BCUT2D eigenvalue weighted by molar-refractivity contribution is 5.83. The molecule has 1 saturated heterocycles. The van der Waals surface area contributed by atoms with Crippen molar-refractivity contribution in [3.8, 4) is 0 Å². The van der Waals surface area contributed by atoms with Crippen molar-refractivity contribution < 1.29 is 19.1 Å². The van der Waals surface area contributed by atoms with E-state index in [1.165, 1.54) is 4.90 Å². The molecule has 98 valence electrons. The van der Waals surface area contributed by atoms with Crippen LogP contribution in [0.3, 0.4) is 0 Å². The Morgan fingerprint density at radius 2 is 2.18 bits per heavy atom. The monoisotopic (exact) mass is 243 g/mol. The molecule has 0 aromatic heterocycles. The SMILES string of the molecule is CCCCC1C(=O)OCN1C(=O)OC(C)(C)C. The number of hydrogen-bond donors (Lipinski definition) is 0. The van der Waals surface area contributed by atoms with Crippen LogP contribution in [0.4, 0.5) is 4.79 Å². The molecule has 0 spiro atoms. The molecule has 1 fully saturated rings. The Bertz CT molecular complexity index is 295. The molecule has 1 amide bonds. The molecule has 0 aliphatic carbocycles. The van der Waals surface area contributed by atoms with Crippen LogP contribution in [0.5, 0.6) is 0 Å². The number of rotatable bonds is 3. The van der Waals surface area contributed by atoms with Gasteiger partial charge in [0, 0.05) is 0 Å². The van der Waals surface area contributed by atoms with E-state index in [1.807, 2.05) is 6.92 Å². The number of carbonyl (C=O) groups excluding carboxylic acids is 2. The predicted octanol–water partition coefficient (Wildman–Crippen LogP) is 2.30. The van der Waals surface area contributed by atoms with Gasteiger partial charge in [0.2, 0.25) is 0 Å². The van der Waals surface area contributed by atoms with E-state index in [9.17, 15) is 9.59 Å². The number of nitrogens with zero attached hydrogens (tertiary/aromatic N) is 1. The third kappa shape index (κ3) is 3.91. The molecule has 5 heteroatoms. The molecule has 0 N–H and O–H groups in total. The van der Waals surface area contributed by atoms with E-state index in [2.05, 4.69) is 0 Å². The van der Waals surface area contributed by atoms with Crippen LogP contribution < -0.4 is 0 Å².